The highest BCUT2D eigenvalue weighted by molar-refractivity contribution is 5.78. The lowest BCUT2D eigenvalue weighted by molar-refractivity contribution is -0.132. The second kappa shape index (κ2) is 5.39. The van der Waals surface area contributed by atoms with Crippen LogP contribution in [0.3, 0.4) is 0 Å². The van der Waals surface area contributed by atoms with Crippen molar-refractivity contribution in [1.29, 1.82) is 0 Å². The van der Waals surface area contributed by atoms with Crippen LogP contribution in [-0.2, 0) is 15.6 Å². The topological polar surface area (TPSA) is 43.4 Å². The molecule has 0 amide bonds. The number of carbonyl (C=O) groups is 2. The molecule has 110 valence electrons. The van der Waals surface area contributed by atoms with Gasteiger partial charge in [0, 0.05) is 23.6 Å². The zero-order valence-corrected chi connectivity index (χ0v) is 13.5. The van der Waals surface area contributed by atoms with Gasteiger partial charge in [0.1, 0.15) is 12.0 Å². The van der Waals surface area contributed by atoms with Gasteiger partial charge in [-0.2, -0.15) is 0 Å². The minimum atomic E-state index is -0.347. The van der Waals surface area contributed by atoms with Crippen LogP contribution >= 0.6 is 0 Å². The predicted molar refractivity (Wildman–Crippen MR) is 80.5 cm³/mol. The summed E-state index contributed by atoms with van der Waals surface area (Å²) in [5, 5.41) is 0. The molecule has 0 saturated heterocycles. The first kappa shape index (κ1) is 16.4. The molecule has 1 aromatic rings. The maximum atomic E-state index is 11.4. The molecular weight excluding hydrogens is 252 g/mol. The molecular formula is C17H24O3. The fourth-order valence-electron chi connectivity index (χ4n) is 2.09. The number of benzene rings is 1. The number of hydrogen-bond acceptors (Lipinski definition) is 3. The van der Waals surface area contributed by atoms with Crippen LogP contribution in [0.15, 0.2) is 12.1 Å². The molecule has 0 aliphatic heterocycles. The van der Waals surface area contributed by atoms with E-state index in [0.29, 0.717) is 11.3 Å². The first-order chi connectivity index (χ1) is 8.96. The van der Waals surface area contributed by atoms with Gasteiger partial charge in [0.25, 0.3) is 0 Å². The van der Waals surface area contributed by atoms with Gasteiger partial charge in [-0.3, -0.25) is 9.59 Å². The Hall–Kier alpha value is -1.64. The highest BCUT2D eigenvalue weighted by Crippen LogP contribution is 2.40. The molecule has 0 aromatic heterocycles. The van der Waals surface area contributed by atoms with E-state index in [1.807, 2.05) is 41.5 Å². The number of ether oxygens (including phenoxy) is 1. The van der Waals surface area contributed by atoms with Gasteiger partial charge < -0.3 is 4.74 Å². The summed E-state index contributed by atoms with van der Waals surface area (Å²) in [4.78, 5) is 22.6. The van der Waals surface area contributed by atoms with Crippen molar-refractivity contribution < 1.29 is 14.3 Å². The van der Waals surface area contributed by atoms with Gasteiger partial charge in [-0.05, 0) is 23.0 Å². The van der Waals surface area contributed by atoms with Crippen molar-refractivity contribution in [3.05, 3.63) is 28.8 Å². The van der Waals surface area contributed by atoms with Crippen molar-refractivity contribution in [2.45, 2.75) is 59.3 Å². The average molecular weight is 276 g/mol. The number of hydrogen-bond donors (Lipinski definition) is 0. The van der Waals surface area contributed by atoms with Crippen molar-refractivity contribution in [2.75, 3.05) is 0 Å². The van der Waals surface area contributed by atoms with E-state index in [2.05, 4.69) is 0 Å². The minimum Gasteiger partial charge on any atom is -0.426 e. The first-order valence-electron chi connectivity index (χ1n) is 6.79. The van der Waals surface area contributed by atoms with Crippen LogP contribution in [0.5, 0.6) is 5.75 Å². The molecule has 3 nitrogen and oxygen atoms in total. The quantitative estimate of drug-likeness (QED) is 0.465. The van der Waals surface area contributed by atoms with Gasteiger partial charge in [-0.25, -0.2) is 0 Å². The van der Waals surface area contributed by atoms with Crippen molar-refractivity contribution in [1.82, 2.24) is 0 Å². The normalized spacial score (nSPS) is 12.2. The van der Waals surface area contributed by atoms with E-state index in [1.165, 1.54) is 6.92 Å². The highest BCUT2D eigenvalue weighted by Gasteiger charge is 2.28. The summed E-state index contributed by atoms with van der Waals surface area (Å²) >= 11 is 0. The number of rotatable bonds is 2. The largest absolute Gasteiger partial charge is 0.426 e. The van der Waals surface area contributed by atoms with E-state index in [9.17, 15) is 9.59 Å². The molecule has 20 heavy (non-hydrogen) atoms. The van der Waals surface area contributed by atoms with Crippen molar-refractivity contribution in [3.8, 4) is 5.75 Å². The van der Waals surface area contributed by atoms with E-state index in [4.69, 9.17) is 4.74 Å². The van der Waals surface area contributed by atoms with Crippen LogP contribution in [-0.4, -0.2) is 12.3 Å². The molecule has 3 heteroatoms. The van der Waals surface area contributed by atoms with Crippen molar-refractivity contribution in [2.24, 2.45) is 0 Å². The van der Waals surface area contributed by atoms with Crippen LogP contribution in [0.4, 0.5) is 0 Å². The van der Waals surface area contributed by atoms with Crippen LogP contribution in [0.25, 0.3) is 0 Å². The van der Waals surface area contributed by atoms with Gasteiger partial charge in [-0.15, -0.1) is 0 Å². The van der Waals surface area contributed by atoms with Gasteiger partial charge in [0.2, 0.25) is 0 Å². The molecule has 0 saturated carbocycles. The SMILES string of the molecule is CC(=O)Oc1c(C(C)(C)C)cc(C=O)cc1C(C)(C)C. The molecule has 0 aliphatic carbocycles. The zero-order valence-electron chi connectivity index (χ0n) is 13.5. The fraction of sp³-hybridized carbons (Fsp3) is 0.529. The third-order valence-corrected chi connectivity index (χ3v) is 3.11. The lowest BCUT2D eigenvalue weighted by Crippen LogP contribution is -2.21. The van der Waals surface area contributed by atoms with Crippen LogP contribution in [0.2, 0.25) is 0 Å². The summed E-state index contributed by atoms with van der Waals surface area (Å²) < 4.78 is 5.47. The first-order valence-corrected chi connectivity index (χ1v) is 6.79. The van der Waals surface area contributed by atoms with Crippen LogP contribution in [0, 0.1) is 0 Å². The number of aldehydes is 1. The predicted octanol–water partition coefficient (Wildman–Crippen LogP) is 4.02. The molecule has 0 unspecified atom stereocenters. The van der Waals surface area contributed by atoms with Gasteiger partial charge in [-0.1, -0.05) is 41.5 Å². The van der Waals surface area contributed by atoms with Crippen LogP contribution < -0.4 is 4.74 Å². The lowest BCUT2D eigenvalue weighted by atomic mass is 9.78. The Morgan fingerprint density at radius 1 is 1.00 bits per heavy atom. The minimum absolute atomic E-state index is 0.218. The molecule has 0 aliphatic rings. The molecule has 0 fully saturated rings. The summed E-state index contributed by atoms with van der Waals surface area (Å²) in [6.07, 6.45) is 0.835. The molecule has 1 rings (SSSR count). The molecule has 0 atom stereocenters. The van der Waals surface area contributed by atoms with Crippen molar-refractivity contribution >= 4 is 12.3 Å². The number of esters is 1. The summed E-state index contributed by atoms with van der Waals surface area (Å²) in [6, 6.07) is 3.61. The van der Waals surface area contributed by atoms with E-state index >= 15 is 0 Å². The maximum Gasteiger partial charge on any atom is 0.308 e. The van der Waals surface area contributed by atoms with Crippen molar-refractivity contribution in [3.63, 3.8) is 0 Å². The Balaban J connectivity index is 3.71. The third-order valence-electron chi connectivity index (χ3n) is 3.11. The summed E-state index contributed by atoms with van der Waals surface area (Å²) in [6.45, 7) is 13.6. The molecule has 0 N–H and O–H groups in total. The monoisotopic (exact) mass is 276 g/mol. The Morgan fingerprint density at radius 2 is 1.40 bits per heavy atom. The molecule has 0 radical (unpaired) electrons. The fourth-order valence-corrected chi connectivity index (χ4v) is 2.09. The zero-order chi connectivity index (χ0) is 15.7. The third kappa shape index (κ3) is 3.69. The smallest absolute Gasteiger partial charge is 0.308 e. The molecule has 1 aromatic carbocycles. The van der Waals surface area contributed by atoms with E-state index in [0.717, 1.165) is 17.4 Å². The van der Waals surface area contributed by atoms with E-state index in [1.54, 1.807) is 12.1 Å². The second-order valence-electron chi connectivity index (χ2n) is 7.16. The van der Waals surface area contributed by atoms with Crippen LogP contribution in [0.1, 0.15) is 70.0 Å². The highest BCUT2D eigenvalue weighted by atomic mass is 16.5. The molecule has 0 heterocycles. The van der Waals surface area contributed by atoms with E-state index in [-0.39, 0.29) is 16.8 Å². The second-order valence-corrected chi connectivity index (χ2v) is 7.16. The molecule has 0 spiro atoms. The van der Waals surface area contributed by atoms with Gasteiger partial charge in [0.15, 0.2) is 0 Å². The average Bonchev–Trinajstić information content (AvgIpc) is 2.25. The number of carbonyl (C=O) groups excluding carboxylic acids is 2. The Kier molecular flexibility index (Phi) is 4.42. The standard InChI is InChI=1S/C17H24O3/c1-11(19)20-15-13(16(2,3)4)8-12(10-18)9-14(15)17(5,6)7/h8-10H,1-7H3. The summed E-state index contributed by atoms with van der Waals surface area (Å²) in [5.41, 5.74) is 1.92. The van der Waals surface area contributed by atoms with E-state index < -0.39 is 0 Å². The lowest BCUT2D eigenvalue weighted by Gasteiger charge is -2.29. The molecule has 0 bridgehead atoms. The maximum absolute atomic E-state index is 11.4. The Morgan fingerprint density at radius 3 is 1.65 bits per heavy atom. The summed E-state index contributed by atoms with van der Waals surface area (Å²) in [7, 11) is 0. The van der Waals surface area contributed by atoms with Gasteiger partial charge >= 0.3 is 5.97 Å². The Labute approximate surface area is 121 Å². The van der Waals surface area contributed by atoms with Gasteiger partial charge in [0.05, 0.1) is 0 Å². The summed E-state index contributed by atoms with van der Waals surface area (Å²) in [5.74, 6) is 0.239. The Bertz CT molecular complexity index is 493.